The van der Waals surface area contributed by atoms with Crippen LogP contribution in [0.3, 0.4) is 0 Å². The molecule has 1 heterocycles. The lowest BCUT2D eigenvalue weighted by Gasteiger charge is -2.26. The Morgan fingerprint density at radius 2 is 1.87 bits per heavy atom. The second-order valence-corrected chi connectivity index (χ2v) is 6.76. The second kappa shape index (κ2) is 7.96. The molecular formula is C23H19FN2O4. The zero-order chi connectivity index (χ0) is 21.1. The van der Waals surface area contributed by atoms with E-state index in [1.54, 1.807) is 43.5 Å². The maximum Gasteiger partial charge on any atom is 0.412 e. The van der Waals surface area contributed by atoms with Gasteiger partial charge in [-0.05, 0) is 41.0 Å². The molecule has 1 aliphatic rings. The van der Waals surface area contributed by atoms with E-state index < -0.39 is 11.5 Å². The highest BCUT2D eigenvalue weighted by Crippen LogP contribution is 2.40. The first-order valence-electron chi connectivity index (χ1n) is 9.21. The third-order valence-electron chi connectivity index (χ3n) is 5.07. The molecule has 1 aliphatic heterocycles. The number of ether oxygens (including phenoxy) is 2. The number of rotatable bonds is 5. The molecule has 0 radical (unpaired) electrons. The Hall–Kier alpha value is -3.71. The number of halogens is 1. The molecule has 0 aliphatic carbocycles. The first kappa shape index (κ1) is 19.6. The minimum atomic E-state index is -1.05. The molecule has 0 unspecified atom stereocenters. The number of nitrogens with zero attached hydrogens (tertiary/aromatic N) is 1. The number of carbonyl (C=O) groups excluding carboxylic acids is 1. The minimum Gasteiger partial charge on any atom is -0.497 e. The van der Waals surface area contributed by atoms with Gasteiger partial charge in [-0.15, -0.1) is 0 Å². The molecule has 3 aromatic rings. The van der Waals surface area contributed by atoms with Crippen molar-refractivity contribution in [2.24, 2.45) is 10.9 Å². The van der Waals surface area contributed by atoms with Crippen molar-refractivity contribution in [3.05, 3.63) is 89.7 Å². The standard InChI is InChI=1S/C23H19FN2O4/c1-28-18-9-5-6-15(12-18)19-13-17(10-11-20(19)24)23(16-7-3-2-4-8-16)14-29-21(26-23)22(27)30-25/h2-13H,14,25H2,1H3/t23-/m0/s1. The van der Waals surface area contributed by atoms with Gasteiger partial charge in [0.25, 0.3) is 5.90 Å². The van der Waals surface area contributed by atoms with Crippen LogP contribution in [-0.4, -0.2) is 25.6 Å². The van der Waals surface area contributed by atoms with Crippen LogP contribution in [0.15, 0.2) is 77.8 Å². The molecular weight excluding hydrogens is 387 g/mol. The first-order chi connectivity index (χ1) is 14.6. The topological polar surface area (TPSA) is 83.1 Å². The Morgan fingerprint density at radius 1 is 1.07 bits per heavy atom. The van der Waals surface area contributed by atoms with Crippen molar-refractivity contribution in [1.82, 2.24) is 0 Å². The highest BCUT2D eigenvalue weighted by atomic mass is 19.1. The van der Waals surface area contributed by atoms with Gasteiger partial charge in [0.2, 0.25) is 0 Å². The first-order valence-corrected chi connectivity index (χ1v) is 9.21. The Kier molecular flexibility index (Phi) is 5.20. The quantitative estimate of drug-likeness (QED) is 0.655. The highest BCUT2D eigenvalue weighted by Gasteiger charge is 2.43. The normalized spacial score (nSPS) is 17.8. The van der Waals surface area contributed by atoms with Crippen LogP contribution in [0.2, 0.25) is 0 Å². The average molecular weight is 406 g/mol. The summed E-state index contributed by atoms with van der Waals surface area (Å²) in [4.78, 5) is 20.7. The Labute approximate surface area is 172 Å². The summed E-state index contributed by atoms with van der Waals surface area (Å²) in [6.45, 7) is 0.0463. The minimum absolute atomic E-state index is 0.0463. The largest absolute Gasteiger partial charge is 0.497 e. The van der Waals surface area contributed by atoms with E-state index in [2.05, 4.69) is 9.83 Å². The van der Waals surface area contributed by atoms with Gasteiger partial charge < -0.3 is 14.3 Å². The van der Waals surface area contributed by atoms with Crippen LogP contribution in [0.5, 0.6) is 5.75 Å². The summed E-state index contributed by atoms with van der Waals surface area (Å²) in [5.41, 5.74) is 1.43. The molecule has 30 heavy (non-hydrogen) atoms. The molecule has 1 atom stereocenters. The van der Waals surface area contributed by atoms with Crippen LogP contribution in [0.4, 0.5) is 4.39 Å². The van der Waals surface area contributed by atoms with E-state index >= 15 is 0 Å². The number of carbonyl (C=O) groups is 1. The van der Waals surface area contributed by atoms with Crippen LogP contribution in [0, 0.1) is 5.82 Å². The summed E-state index contributed by atoms with van der Waals surface area (Å²) in [5.74, 6) is 4.12. The predicted octanol–water partition coefficient (Wildman–Crippen LogP) is 3.59. The van der Waals surface area contributed by atoms with Gasteiger partial charge >= 0.3 is 5.97 Å². The highest BCUT2D eigenvalue weighted by molar-refractivity contribution is 6.33. The van der Waals surface area contributed by atoms with Gasteiger partial charge in [0.1, 0.15) is 23.7 Å². The van der Waals surface area contributed by atoms with Crippen LogP contribution < -0.4 is 10.6 Å². The molecule has 3 aromatic carbocycles. The molecule has 7 heteroatoms. The van der Waals surface area contributed by atoms with E-state index in [1.807, 2.05) is 30.3 Å². The fourth-order valence-corrected chi connectivity index (χ4v) is 3.54. The Bertz CT molecular complexity index is 1120. The van der Waals surface area contributed by atoms with Gasteiger partial charge in [-0.25, -0.2) is 14.2 Å². The number of hydrogen-bond acceptors (Lipinski definition) is 6. The number of benzene rings is 3. The fraction of sp³-hybridized carbons (Fsp3) is 0.130. The third-order valence-corrected chi connectivity index (χ3v) is 5.07. The summed E-state index contributed by atoms with van der Waals surface area (Å²) in [6, 6.07) is 21.2. The van der Waals surface area contributed by atoms with E-state index in [-0.39, 0.29) is 18.3 Å². The van der Waals surface area contributed by atoms with E-state index in [4.69, 9.17) is 15.4 Å². The van der Waals surface area contributed by atoms with Crippen molar-refractivity contribution < 1.29 is 23.5 Å². The lowest BCUT2D eigenvalue weighted by atomic mass is 9.83. The van der Waals surface area contributed by atoms with Crippen molar-refractivity contribution in [1.29, 1.82) is 0 Å². The average Bonchev–Trinajstić information content (AvgIpc) is 3.26. The molecule has 0 spiro atoms. The SMILES string of the molecule is COc1cccc(-c2cc([C@@]3(c4ccccc4)COC(C(=O)ON)=N3)ccc2F)c1. The molecule has 0 amide bonds. The molecule has 6 nitrogen and oxygen atoms in total. The number of aliphatic imine (C=N–C) groups is 1. The maximum absolute atomic E-state index is 14.8. The number of hydrogen-bond donors (Lipinski definition) is 1. The van der Waals surface area contributed by atoms with Crippen molar-refractivity contribution in [3.8, 4) is 16.9 Å². The van der Waals surface area contributed by atoms with Gasteiger partial charge in [-0.3, -0.25) is 0 Å². The van der Waals surface area contributed by atoms with E-state index in [0.29, 0.717) is 22.4 Å². The summed E-state index contributed by atoms with van der Waals surface area (Å²) >= 11 is 0. The predicted molar refractivity (Wildman–Crippen MR) is 109 cm³/mol. The molecule has 152 valence electrons. The fourth-order valence-electron chi connectivity index (χ4n) is 3.54. The summed E-state index contributed by atoms with van der Waals surface area (Å²) in [6.07, 6.45) is 0. The van der Waals surface area contributed by atoms with E-state index in [0.717, 1.165) is 5.56 Å². The van der Waals surface area contributed by atoms with E-state index in [1.165, 1.54) is 6.07 Å². The maximum atomic E-state index is 14.8. The van der Waals surface area contributed by atoms with Gasteiger partial charge in [0.05, 0.1) is 7.11 Å². The van der Waals surface area contributed by atoms with Crippen LogP contribution in [-0.2, 0) is 19.9 Å². The second-order valence-electron chi connectivity index (χ2n) is 6.76. The Balaban J connectivity index is 1.89. The zero-order valence-electron chi connectivity index (χ0n) is 16.2. The van der Waals surface area contributed by atoms with Crippen LogP contribution in [0.25, 0.3) is 11.1 Å². The van der Waals surface area contributed by atoms with Crippen LogP contribution in [0.1, 0.15) is 11.1 Å². The summed E-state index contributed by atoms with van der Waals surface area (Å²) < 4.78 is 25.6. The van der Waals surface area contributed by atoms with Crippen molar-refractivity contribution >= 4 is 11.9 Å². The van der Waals surface area contributed by atoms with Gasteiger partial charge in [-0.2, -0.15) is 5.90 Å². The molecule has 0 aromatic heterocycles. The molecule has 0 bridgehead atoms. The van der Waals surface area contributed by atoms with Crippen molar-refractivity contribution in [2.45, 2.75) is 5.54 Å². The summed E-state index contributed by atoms with van der Waals surface area (Å²) in [7, 11) is 1.55. The molecule has 0 saturated heterocycles. The smallest absolute Gasteiger partial charge is 0.412 e. The van der Waals surface area contributed by atoms with Gasteiger partial charge in [-0.1, -0.05) is 48.5 Å². The lowest BCUT2D eigenvalue weighted by Crippen LogP contribution is -2.27. The molecule has 4 rings (SSSR count). The monoisotopic (exact) mass is 406 g/mol. The zero-order valence-corrected chi connectivity index (χ0v) is 16.2. The van der Waals surface area contributed by atoms with Crippen molar-refractivity contribution in [2.75, 3.05) is 13.7 Å². The number of methoxy groups -OCH3 is 1. The molecule has 0 fully saturated rings. The van der Waals surface area contributed by atoms with Gasteiger partial charge in [0, 0.05) is 5.56 Å². The lowest BCUT2D eigenvalue weighted by molar-refractivity contribution is -0.137. The van der Waals surface area contributed by atoms with Crippen molar-refractivity contribution in [3.63, 3.8) is 0 Å². The third kappa shape index (κ3) is 3.40. The Morgan fingerprint density at radius 3 is 2.60 bits per heavy atom. The summed E-state index contributed by atoms with van der Waals surface area (Å²) in [5, 5.41) is 0. The molecule has 2 N–H and O–H groups in total. The number of nitrogens with two attached hydrogens (primary N) is 1. The van der Waals surface area contributed by atoms with Gasteiger partial charge in [0.15, 0.2) is 0 Å². The molecule has 0 saturated carbocycles. The van der Waals surface area contributed by atoms with Crippen LogP contribution >= 0.6 is 0 Å². The van der Waals surface area contributed by atoms with E-state index in [9.17, 15) is 9.18 Å².